The van der Waals surface area contributed by atoms with E-state index >= 15 is 0 Å². The highest BCUT2D eigenvalue weighted by Gasteiger charge is 2.22. The van der Waals surface area contributed by atoms with Crippen LogP contribution in [0.5, 0.6) is 11.5 Å². The van der Waals surface area contributed by atoms with Crippen LogP contribution in [0.1, 0.15) is 38.1 Å². The van der Waals surface area contributed by atoms with Crippen molar-refractivity contribution in [1.29, 1.82) is 0 Å². The van der Waals surface area contributed by atoms with Crippen molar-refractivity contribution in [1.82, 2.24) is 5.32 Å². The Morgan fingerprint density at radius 2 is 2.05 bits per heavy atom. The molecule has 0 aliphatic carbocycles. The minimum atomic E-state index is -0.140. The number of amides is 1. The summed E-state index contributed by atoms with van der Waals surface area (Å²) in [5.41, 5.74) is 0.520. The quantitative estimate of drug-likeness (QED) is 0.848. The standard InChI is InChI=1S/C17H23NO3/c1-7-10-21-14-9-8-13(11-15(14)20-6)16(19)18-12(2)17(3,4)5/h1,8-9,11-12H,10H2,2-6H3,(H,18,19)/t12-/m1/s1. The fraction of sp³-hybridized carbons (Fsp3) is 0.471. The lowest BCUT2D eigenvalue weighted by Gasteiger charge is -2.28. The first-order valence-corrected chi connectivity index (χ1v) is 6.84. The van der Waals surface area contributed by atoms with Gasteiger partial charge in [0.15, 0.2) is 11.5 Å². The van der Waals surface area contributed by atoms with Crippen molar-refractivity contribution >= 4 is 5.91 Å². The van der Waals surface area contributed by atoms with E-state index in [1.807, 2.05) is 6.92 Å². The highest BCUT2D eigenvalue weighted by molar-refractivity contribution is 5.95. The van der Waals surface area contributed by atoms with Gasteiger partial charge in [-0.15, -0.1) is 6.42 Å². The molecule has 0 radical (unpaired) electrons. The van der Waals surface area contributed by atoms with Crippen LogP contribution in [0.2, 0.25) is 0 Å². The molecule has 21 heavy (non-hydrogen) atoms. The zero-order chi connectivity index (χ0) is 16.0. The molecule has 1 amide bonds. The van der Waals surface area contributed by atoms with Crippen molar-refractivity contribution < 1.29 is 14.3 Å². The second kappa shape index (κ2) is 7.03. The molecule has 1 rings (SSSR count). The summed E-state index contributed by atoms with van der Waals surface area (Å²) in [7, 11) is 1.53. The average molecular weight is 289 g/mol. The van der Waals surface area contributed by atoms with Crippen LogP contribution in [0, 0.1) is 17.8 Å². The number of hydrogen-bond donors (Lipinski definition) is 1. The number of nitrogens with one attached hydrogen (secondary N) is 1. The number of hydrogen-bond acceptors (Lipinski definition) is 3. The van der Waals surface area contributed by atoms with Gasteiger partial charge in [0, 0.05) is 11.6 Å². The van der Waals surface area contributed by atoms with Gasteiger partial charge in [-0.3, -0.25) is 4.79 Å². The lowest BCUT2D eigenvalue weighted by atomic mass is 9.88. The largest absolute Gasteiger partial charge is 0.493 e. The molecule has 0 saturated heterocycles. The van der Waals surface area contributed by atoms with Gasteiger partial charge in [0.05, 0.1) is 7.11 Å². The van der Waals surface area contributed by atoms with Gasteiger partial charge in [-0.25, -0.2) is 0 Å². The van der Waals surface area contributed by atoms with Gasteiger partial charge in [-0.05, 0) is 30.5 Å². The van der Waals surface area contributed by atoms with E-state index in [4.69, 9.17) is 15.9 Å². The van der Waals surface area contributed by atoms with Crippen molar-refractivity contribution in [3.63, 3.8) is 0 Å². The molecule has 114 valence electrons. The van der Waals surface area contributed by atoms with Gasteiger partial charge in [0.1, 0.15) is 6.61 Å². The van der Waals surface area contributed by atoms with Gasteiger partial charge in [0.25, 0.3) is 5.91 Å². The predicted molar refractivity (Wildman–Crippen MR) is 83.7 cm³/mol. The molecule has 0 unspecified atom stereocenters. The van der Waals surface area contributed by atoms with Crippen molar-refractivity contribution in [2.45, 2.75) is 33.7 Å². The van der Waals surface area contributed by atoms with E-state index in [2.05, 4.69) is 32.0 Å². The van der Waals surface area contributed by atoms with Gasteiger partial charge >= 0.3 is 0 Å². The molecule has 0 bridgehead atoms. The first kappa shape index (κ1) is 16.9. The van der Waals surface area contributed by atoms with Crippen LogP contribution in [0.3, 0.4) is 0 Å². The third-order valence-electron chi connectivity index (χ3n) is 3.38. The predicted octanol–water partition coefficient (Wildman–Crippen LogP) is 2.87. The van der Waals surface area contributed by atoms with E-state index in [-0.39, 0.29) is 24.0 Å². The molecular weight excluding hydrogens is 266 g/mol. The number of ether oxygens (including phenoxy) is 2. The molecule has 0 aliphatic heterocycles. The molecule has 0 aliphatic rings. The normalized spacial score (nSPS) is 12.2. The van der Waals surface area contributed by atoms with Crippen LogP contribution in [0.15, 0.2) is 18.2 Å². The second-order valence-corrected chi connectivity index (χ2v) is 5.92. The summed E-state index contributed by atoms with van der Waals surface area (Å²) in [6, 6.07) is 5.08. The first-order chi connectivity index (χ1) is 9.79. The summed E-state index contributed by atoms with van der Waals surface area (Å²) in [6.45, 7) is 8.38. The highest BCUT2D eigenvalue weighted by atomic mass is 16.5. The summed E-state index contributed by atoms with van der Waals surface area (Å²) >= 11 is 0. The smallest absolute Gasteiger partial charge is 0.251 e. The van der Waals surface area contributed by atoms with Crippen molar-refractivity contribution in [3.8, 4) is 23.8 Å². The monoisotopic (exact) mass is 289 g/mol. The fourth-order valence-electron chi connectivity index (χ4n) is 1.54. The second-order valence-electron chi connectivity index (χ2n) is 5.92. The van der Waals surface area contributed by atoms with Gasteiger partial charge in [-0.1, -0.05) is 26.7 Å². The summed E-state index contributed by atoms with van der Waals surface area (Å²) in [4.78, 5) is 12.3. The van der Waals surface area contributed by atoms with E-state index in [0.29, 0.717) is 17.1 Å². The first-order valence-electron chi connectivity index (χ1n) is 6.84. The highest BCUT2D eigenvalue weighted by Crippen LogP contribution is 2.28. The maximum Gasteiger partial charge on any atom is 0.251 e. The topological polar surface area (TPSA) is 47.6 Å². The van der Waals surface area contributed by atoms with Crippen molar-refractivity contribution in [3.05, 3.63) is 23.8 Å². The molecule has 0 spiro atoms. The minimum Gasteiger partial charge on any atom is -0.493 e. The molecule has 0 fully saturated rings. The lowest BCUT2D eigenvalue weighted by Crippen LogP contribution is -2.41. The SMILES string of the molecule is C#CCOc1ccc(C(=O)N[C@H](C)C(C)(C)C)cc1OC. The molecule has 1 aromatic rings. The zero-order valence-corrected chi connectivity index (χ0v) is 13.3. The Kier molecular flexibility index (Phi) is 5.66. The van der Waals surface area contributed by atoms with Crippen LogP contribution in [0.25, 0.3) is 0 Å². The Morgan fingerprint density at radius 1 is 1.38 bits per heavy atom. The van der Waals surface area contributed by atoms with E-state index in [9.17, 15) is 4.79 Å². The number of rotatable bonds is 5. The average Bonchev–Trinajstić information content (AvgIpc) is 2.43. The van der Waals surface area contributed by atoms with Gasteiger partial charge in [-0.2, -0.15) is 0 Å². The molecule has 1 atom stereocenters. The molecule has 0 heterocycles. The number of benzene rings is 1. The zero-order valence-electron chi connectivity index (χ0n) is 13.3. The Morgan fingerprint density at radius 3 is 2.57 bits per heavy atom. The van der Waals surface area contributed by atoms with E-state index in [1.165, 1.54) is 7.11 Å². The van der Waals surface area contributed by atoms with Crippen LogP contribution < -0.4 is 14.8 Å². The van der Waals surface area contributed by atoms with E-state index in [0.717, 1.165) is 0 Å². The minimum absolute atomic E-state index is 0.00437. The van der Waals surface area contributed by atoms with Crippen LogP contribution in [-0.4, -0.2) is 25.7 Å². The Balaban J connectivity index is 2.89. The summed E-state index contributed by atoms with van der Waals surface area (Å²) < 4.78 is 10.6. The maximum absolute atomic E-state index is 12.3. The molecular formula is C17H23NO3. The van der Waals surface area contributed by atoms with Crippen molar-refractivity contribution in [2.24, 2.45) is 5.41 Å². The van der Waals surface area contributed by atoms with Crippen LogP contribution in [-0.2, 0) is 0 Å². The third kappa shape index (κ3) is 4.71. The molecule has 0 saturated carbocycles. The van der Waals surface area contributed by atoms with Gasteiger partial charge in [0.2, 0.25) is 0 Å². The summed E-state index contributed by atoms with van der Waals surface area (Å²) in [6.07, 6.45) is 5.16. The number of carbonyl (C=O) groups excluding carboxylic acids is 1. The Hall–Kier alpha value is -2.15. The molecule has 1 aromatic carbocycles. The third-order valence-corrected chi connectivity index (χ3v) is 3.38. The van der Waals surface area contributed by atoms with E-state index in [1.54, 1.807) is 18.2 Å². The van der Waals surface area contributed by atoms with Crippen LogP contribution in [0.4, 0.5) is 0 Å². The Labute approximate surface area is 126 Å². The number of carbonyl (C=O) groups is 1. The fourth-order valence-corrected chi connectivity index (χ4v) is 1.54. The maximum atomic E-state index is 12.3. The van der Waals surface area contributed by atoms with E-state index < -0.39 is 0 Å². The molecule has 1 N–H and O–H groups in total. The molecule has 4 nitrogen and oxygen atoms in total. The lowest BCUT2D eigenvalue weighted by molar-refractivity contribution is 0.0909. The number of terminal acetylenes is 1. The summed E-state index contributed by atoms with van der Waals surface area (Å²) in [5.74, 6) is 3.26. The van der Waals surface area contributed by atoms with Gasteiger partial charge < -0.3 is 14.8 Å². The van der Waals surface area contributed by atoms with Crippen LogP contribution >= 0.6 is 0 Å². The number of methoxy groups -OCH3 is 1. The molecule has 4 heteroatoms. The molecule has 0 aromatic heterocycles. The Bertz CT molecular complexity index is 538. The van der Waals surface area contributed by atoms with Crippen molar-refractivity contribution in [2.75, 3.05) is 13.7 Å². The summed E-state index contributed by atoms with van der Waals surface area (Å²) in [5, 5.41) is 2.98.